The fraction of sp³-hybridized carbons (Fsp3) is 0.414. The molecule has 1 aromatic heterocycles. The van der Waals surface area contributed by atoms with Crippen molar-refractivity contribution >= 4 is 0 Å². The number of hydrogen-bond donors (Lipinski definition) is 1. The third kappa shape index (κ3) is 7.26. The van der Waals surface area contributed by atoms with Gasteiger partial charge in [-0.05, 0) is 43.5 Å². The van der Waals surface area contributed by atoms with Gasteiger partial charge in [0.15, 0.2) is 11.6 Å². The van der Waals surface area contributed by atoms with Crippen LogP contribution >= 0.6 is 0 Å². The number of aryl methyl sites for hydroxylation is 1. The molecule has 1 aliphatic heterocycles. The van der Waals surface area contributed by atoms with Gasteiger partial charge in [-0.25, -0.2) is 9.07 Å². The number of nitrogens with zero attached hydrogens (tertiary/aromatic N) is 3. The predicted molar refractivity (Wildman–Crippen MR) is 141 cm³/mol. The van der Waals surface area contributed by atoms with Gasteiger partial charge in [0.05, 0.1) is 42.4 Å². The molecule has 37 heavy (non-hydrogen) atoms. The Morgan fingerprint density at radius 2 is 2.03 bits per heavy atom. The molecule has 2 atom stereocenters. The summed E-state index contributed by atoms with van der Waals surface area (Å²) in [6.45, 7) is 8.52. The molecule has 8 heteroatoms. The topological polar surface area (TPSA) is 69.0 Å². The molecule has 2 heterocycles. The summed E-state index contributed by atoms with van der Waals surface area (Å²) in [6, 6.07) is 16.0. The zero-order valence-corrected chi connectivity index (χ0v) is 21.4. The van der Waals surface area contributed by atoms with Crippen molar-refractivity contribution in [3.63, 3.8) is 0 Å². The molecule has 0 radical (unpaired) electrons. The number of para-hydroxylation sites is 2. The number of benzene rings is 2. The van der Waals surface area contributed by atoms with Crippen molar-refractivity contribution in [1.82, 2.24) is 14.7 Å². The Hall–Kier alpha value is -3.04. The first-order valence-electron chi connectivity index (χ1n) is 12.9. The highest BCUT2D eigenvalue weighted by atomic mass is 19.1. The summed E-state index contributed by atoms with van der Waals surface area (Å²) in [5.74, 6) is 0.146. The van der Waals surface area contributed by atoms with Gasteiger partial charge in [0.2, 0.25) is 5.88 Å². The van der Waals surface area contributed by atoms with Crippen molar-refractivity contribution in [2.75, 3.05) is 32.9 Å². The van der Waals surface area contributed by atoms with Crippen LogP contribution in [0.3, 0.4) is 0 Å². The van der Waals surface area contributed by atoms with Gasteiger partial charge in [-0.2, -0.15) is 5.10 Å². The van der Waals surface area contributed by atoms with E-state index in [4.69, 9.17) is 19.3 Å². The molecule has 1 saturated heterocycles. The van der Waals surface area contributed by atoms with E-state index in [2.05, 4.69) is 11.5 Å². The van der Waals surface area contributed by atoms with Gasteiger partial charge in [-0.3, -0.25) is 4.90 Å². The number of aliphatic hydroxyl groups excluding tert-OH is 1. The van der Waals surface area contributed by atoms with Crippen molar-refractivity contribution in [1.29, 1.82) is 0 Å². The number of hydrogen-bond acceptors (Lipinski definition) is 6. The summed E-state index contributed by atoms with van der Waals surface area (Å²) in [5.41, 5.74) is 2.52. The van der Waals surface area contributed by atoms with E-state index in [1.54, 1.807) is 29.0 Å². The van der Waals surface area contributed by atoms with Gasteiger partial charge in [0.1, 0.15) is 0 Å². The van der Waals surface area contributed by atoms with Gasteiger partial charge < -0.3 is 19.3 Å². The van der Waals surface area contributed by atoms with Crippen molar-refractivity contribution in [2.24, 2.45) is 0 Å². The molecule has 2 aromatic carbocycles. The Bertz CT molecular complexity index is 1130. The molecule has 0 aliphatic carbocycles. The summed E-state index contributed by atoms with van der Waals surface area (Å²) in [6.07, 6.45) is 3.73. The third-order valence-corrected chi connectivity index (χ3v) is 6.28. The van der Waals surface area contributed by atoms with Crippen LogP contribution < -0.4 is 4.74 Å². The molecule has 1 N–H and O–H groups in total. The Balaban J connectivity index is 1.68. The zero-order chi connectivity index (χ0) is 26.0. The lowest BCUT2D eigenvalue weighted by molar-refractivity contribution is 0.00835. The highest BCUT2D eigenvalue weighted by molar-refractivity contribution is 5.44. The molecule has 4 rings (SSSR count). The van der Waals surface area contributed by atoms with Crippen LogP contribution in [0.15, 0.2) is 67.3 Å². The molecule has 0 unspecified atom stereocenters. The number of ether oxygens (including phenoxy) is 3. The van der Waals surface area contributed by atoms with E-state index in [9.17, 15) is 9.50 Å². The first kappa shape index (κ1) is 27.0. The second kappa shape index (κ2) is 13.5. The number of halogens is 1. The minimum absolute atomic E-state index is 0.0893. The van der Waals surface area contributed by atoms with Gasteiger partial charge >= 0.3 is 0 Å². The predicted octanol–water partition coefficient (Wildman–Crippen LogP) is 4.91. The quantitative estimate of drug-likeness (QED) is 0.246. The summed E-state index contributed by atoms with van der Waals surface area (Å²) < 4.78 is 34.0. The van der Waals surface area contributed by atoms with Crippen molar-refractivity contribution in [3.05, 3.63) is 84.3 Å². The first-order chi connectivity index (χ1) is 18.1. The van der Waals surface area contributed by atoms with Crippen LogP contribution in [0.4, 0.5) is 4.39 Å². The van der Waals surface area contributed by atoms with Crippen LogP contribution in [-0.2, 0) is 22.4 Å². The number of aliphatic hydroxyl groups is 1. The van der Waals surface area contributed by atoms with Crippen LogP contribution in [0.25, 0.3) is 5.69 Å². The minimum atomic E-state index is -0.688. The fourth-order valence-electron chi connectivity index (χ4n) is 4.54. The summed E-state index contributed by atoms with van der Waals surface area (Å²) in [5, 5.41) is 15.6. The van der Waals surface area contributed by atoms with Crippen LogP contribution in [-0.4, -0.2) is 64.9 Å². The van der Waals surface area contributed by atoms with E-state index < -0.39 is 11.9 Å². The number of rotatable bonds is 14. The second-order valence-electron chi connectivity index (χ2n) is 9.17. The lowest BCUT2D eigenvalue weighted by Gasteiger charge is -2.27. The molecule has 0 saturated carbocycles. The number of aromatic nitrogens is 2. The average Bonchev–Trinajstić information content (AvgIpc) is 3.54. The van der Waals surface area contributed by atoms with Crippen molar-refractivity contribution in [2.45, 2.75) is 44.9 Å². The monoisotopic (exact) mass is 509 g/mol. The lowest BCUT2D eigenvalue weighted by Crippen LogP contribution is -2.39. The molecule has 0 bridgehead atoms. The maximum absolute atomic E-state index is 14.6. The van der Waals surface area contributed by atoms with Crippen molar-refractivity contribution in [3.8, 4) is 17.3 Å². The molecular formula is C29H36FN3O4. The summed E-state index contributed by atoms with van der Waals surface area (Å²) >= 11 is 0. The first-order valence-corrected chi connectivity index (χ1v) is 12.9. The van der Waals surface area contributed by atoms with Crippen LogP contribution in [0.5, 0.6) is 11.6 Å². The van der Waals surface area contributed by atoms with E-state index in [-0.39, 0.29) is 18.5 Å². The molecule has 0 amide bonds. The van der Waals surface area contributed by atoms with E-state index in [0.29, 0.717) is 38.5 Å². The van der Waals surface area contributed by atoms with Gasteiger partial charge in [-0.1, -0.05) is 43.3 Å². The average molecular weight is 510 g/mol. The Morgan fingerprint density at radius 3 is 2.73 bits per heavy atom. The standard InChI is InChI=1S/C29H36FN3O4/c1-3-16-35-21-23(34)18-32(19-24-13-10-17-36-24)20-25-27(4-2)31-33(22-11-6-5-7-12-22)29(25)37-28-15-9-8-14-26(28)30/h3,5-9,11-12,14-15,23-24,34H,1,4,10,13,16-21H2,2H3/t23-,24-/m1/s1. The second-order valence-corrected chi connectivity index (χ2v) is 9.17. The lowest BCUT2D eigenvalue weighted by atomic mass is 10.1. The minimum Gasteiger partial charge on any atom is -0.435 e. The molecular weight excluding hydrogens is 473 g/mol. The maximum Gasteiger partial charge on any atom is 0.227 e. The molecule has 7 nitrogen and oxygen atoms in total. The summed E-state index contributed by atoms with van der Waals surface area (Å²) in [4.78, 5) is 2.15. The van der Waals surface area contributed by atoms with E-state index in [1.165, 1.54) is 6.07 Å². The maximum atomic E-state index is 14.6. The normalized spacial score (nSPS) is 16.3. The van der Waals surface area contributed by atoms with Gasteiger partial charge in [0.25, 0.3) is 0 Å². The van der Waals surface area contributed by atoms with E-state index in [1.807, 2.05) is 37.3 Å². The summed E-state index contributed by atoms with van der Waals surface area (Å²) in [7, 11) is 0. The Labute approximate surface area is 218 Å². The highest BCUT2D eigenvalue weighted by Crippen LogP contribution is 2.33. The molecule has 3 aromatic rings. The van der Waals surface area contributed by atoms with Gasteiger partial charge in [0, 0.05) is 26.2 Å². The van der Waals surface area contributed by atoms with E-state index >= 15 is 0 Å². The van der Waals surface area contributed by atoms with E-state index in [0.717, 1.165) is 36.4 Å². The van der Waals surface area contributed by atoms with Crippen molar-refractivity contribution < 1.29 is 23.7 Å². The smallest absolute Gasteiger partial charge is 0.227 e. The van der Waals surface area contributed by atoms with Crippen LogP contribution in [0.1, 0.15) is 31.0 Å². The largest absolute Gasteiger partial charge is 0.435 e. The zero-order valence-electron chi connectivity index (χ0n) is 21.4. The Morgan fingerprint density at radius 1 is 1.24 bits per heavy atom. The molecule has 1 aliphatic rings. The molecule has 1 fully saturated rings. The molecule has 198 valence electrons. The third-order valence-electron chi connectivity index (χ3n) is 6.28. The molecule has 0 spiro atoms. The van der Waals surface area contributed by atoms with Crippen LogP contribution in [0, 0.1) is 5.82 Å². The van der Waals surface area contributed by atoms with Crippen LogP contribution in [0.2, 0.25) is 0 Å². The fourth-order valence-corrected chi connectivity index (χ4v) is 4.54. The highest BCUT2D eigenvalue weighted by Gasteiger charge is 2.27. The van der Waals surface area contributed by atoms with Gasteiger partial charge in [-0.15, -0.1) is 6.58 Å². The SMILES string of the molecule is C=CCOC[C@H](O)CN(Cc1c(CC)nn(-c2ccccc2)c1Oc1ccccc1F)C[C@H]1CCCO1. The Kier molecular flexibility index (Phi) is 9.85.